The van der Waals surface area contributed by atoms with E-state index in [4.69, 9.17) is 13.6 Å². The molecular formula is C13H13Br2O4P. The molecule has 2 aliphatic rings. The van der Waals surface area contributed by atoms with Crippen LogP contribution >= 0.6 is 23.9 Å². The van der Waals surface area contributed by atoms with Crippen molar-refractivity contribution in [2.24, 2.45) is 0 Å². The summed E-state index contributed by atoms with van der Waals surface area (Å²) < 4.78 is 17.9. The lowest BCUT2D eigenvalue weighted by Gasteiger charge is -2.16. The van der Waals surface area contributed by atoms with Gasteiger partial charge in [-0.05, 0) is 35.3 Å². The minimum Gasteiger partial charge on any atom is -1.00 e. The van der Waals surface area contributed by atoms with Crippen molar-refractivity contribution in [3.8, 4) is 0 Å². The van der Waals surface area contributed by atoms with E-state index in [1.807, 2.05) is 44.2 Å². The van der Waals surface area contributed by atoms with Gasteiger partial charge in [0, 0.05) is 0 Å². The first-order valence-corrected chi connectivity index (χ1v) is 8.27. The predicted octanol–water partition coefficient (Wildman–Crippen LogP) is 1.11. The van der Waals surface area contributed by atoms with Gasteiger partial charge in [0.1, 0.15) is 5.60 Å². The summed E-state index contributed by atoms with van der Waals surface area (Å²) in [5.41, 5.74) is 0.252. The fourth-order valence-electron chi connectivity index (χ4n) is 1.99. The van der Waals surface area contributed by atoms with Gasteiger partial charge < -0.3 is 17.0 Å². The summed E-state index contributed by atoms with van der Waals surface area (Å²) in [6.07, 6.45) is -0.708. The second-order valence-corrected chi connectivity index (χ2v) is 7.69. The largest absolute Gasteiger partial charge is 1.00 e. The van der Waals surface area contributed by atoms with Crippen molar-refractivity contribution in [2.75, 3.05) is 0 Å². The van der Waals surface area contributed by atoms with E-state index in [1.54, 1.807) is 5.82 Å². The van der Waals surface area contributed by atoms with Crippen molar-refractivity contribution in [2.45, 2.75) is 25.6 Å². The smallest absolute Gasteiger partial charge is 0.493 e. The first kappa shape index (κ1) is 16.1. The highest BCUT2D eigenvalue weighted by Crippen LogP contribution is 2.77. The van der Waals surface area contributed by atoms with Crippen LogP contribution < -0.4 is 17.0 Å². The maximum absolute atomic E-state index is 12.0. The summed E-state index contributed by atoms with van der Waals surface area (Å²) in [4.78, 5) is 12.0. The van der Waals surface area contributed by atoms with Crippen molar-refractivity contribution < 1.29 is 35.3 Å². The Morgan fingerprint density at radius 3 is 2.45 bits per heavy atom. The molecule has 0 radical (unpaired) electrons. The van der Waals surface area contributed by atoms with Crippen LogP contribution in [0.25, 0.3) is 0 Å². The van der Waals surface area contributed by atoms with Crippen LogP contribution in [0.15, 0.2) is 40.6 Å². The summed E-state index contributed by atoms with van der Waals surface area (Å²) >= 11 is 3.43. The number of carbonyl (C=O) groups excluding carboxylic acids is 1. The lowest BCUT2D eigenvalue weighted by Crippen LogP contribution is -3.00. The van der Waals surface area contributed by atoms with Crippen molar-refractivity contribution in [1.82, 2.24) is 0 Å². The highest BCUT2D eigenvalue weighted by Gasteiger charge is 2.66. The van der Waals surface area contributed by atoms with Crippen LogP contribution in [-0.4, -0.2) is 11.6 Å². The number of hydrogen-bond acceptors (Lipinski definition) is 4. The van der Waals surface area contributed by atoms with Gasteiger partial charge in [0.15, 0.2) is 5.82 Å². The van der Waals surface area contributed by atoms with Crippen LogP contribution in [0.1, 0.15) is 25.5 Å². The van der Waals surface area contributed by atoms with E-state index in [0.717, 1.165) is 10.0 Å². The van der Waals surface area contributed by atoms with Gasteiger partial charge in [0.2, 0.25) is 6.10 Å². The van der Waals surface area contributed by atoms with E-state index < -0.39 is 25.6 Å². The quantitative estimate of drug-likeness (QED) is 0.635. The van der Waals surface area contributed by atoms with Gasteiger partial charge in [0.05, 0.1) is 4.48 Å². The van der Waals surface area contributed by atoms with Crippen LogP contribution in [0.4, 0.5) is 0 Å². The molecule has 0 aliphatic carbocycles. The molecule has 7 heteroatoms. The third kappa shape index (κ3) is 2.72. The standard InChI is InChI=1S/C13H13BrO4P.BrH/c1-13(2)10(14)8-19(18-13)16-11(12(15)17-19)9-6-4-3-5-7-9;/h3-8,11H,1-2H3;1H/q+1;/p-1. The summed E-state index contributed by atoms with van der Waals surface area (Å²) in [5, 5.41) is 0. The zero-order valence-electron chi connectivity index (χ0n) is 10.9. The zero-order valence-corrected chi connectivity index (χ0v) is 14.9. The minimum atomic E-state index is -2.71. The molecule has 20 heavy (non-hydrogen) atoms. The Labute approximate surface area is 137 Å². The molecule has 2 heterocycles. The average Bonchev–Trinajstić information content (AvgIpc) is 2.77. The van der Waals surface area contributed by atoms with E-state index in [9.17, 15) is 4.79 Å². The summed E-state index contributed by atoms with van der Waals surface area (Å²) in [6, 6.07) is 9.29. The molecule has 1 saturated heterocycles. The lowest BCUT2D eigenvalue weighted by atomic mass is 10.1. The second-order valence-electron chi connectivity index (χ2n) is 4.92. The van der Waals surface area contributed by atoms with E-state index in [0.29, 0.717) is 0 Å². The van der Waals surface area contributed by atoms with Crippen LogP contribution in [0, 0.1) is 0 Å². The molecule has 0 bridgehead atoms. The fraction of sp³-hybridized carbons (Fsp3) is 0.308. The van der Waals surface area contributed by atoms with Gasteiger partial charge in [0.25, 0.3) is 0 Å². The number of rotatable bonds is 1. The summed E-state index contributed by atoms with van der Waals surface area (Å²) in [7, 11) is -2.71. The molecule has 1 fully saturated rings. The molecule has 0 saturated carbocycles. The SMILES string of the molecule is CC1(C)O[P+]2(C=C1Br)OC(=O)C(c1ccccc1)O2.[Br-]. The van der Waals surface area contributed by atoms with Gasteiger partial charge in [-0.15, -0.1) is 4.52 Å². The molecule has 1 aromatic rings. The van der Waals surface area contributed by atoms with Crippen LogP contribution in [0.2, 0.25) is 0 Å². The van der Waals surface area contributed by atoms with E-state index in [2.05, 4.69) is 15.9 Å². The summed E-state index contributed by atoms with van der Waals surface area (Å²) in [5.74, 6) is 1.36. The lowest BCUT2D eigenvalue weighted by molar-refractivity contribution is -0.136. The summed E-state index contributed by atoms with van der Waals surface area (Å²) in [6.45, 7) is 3.80. The Morgan fingerprint density at radius 1 is 1.25 bits per heavy atom. The molecule has 1 spiro atoms. The molecule has 2 aliphatic heterocycles. The molecule has 2 unspecified atom stereocenters. The average molecular weight is 424 g/mol. The monoisotopic (exact) mass is 422 g/mol. The van der Waals surface area contributed by atoms with Crippen LogP contribution in [0.3, 0.4) is 0 Å². The fourth-order valence-corrected chi connectivity index (χ4v) is 5.41. The Bertz CT molecular complexity index is 561. The Morgan fingerprint density at radius 2 is 1.90 bits per heavy atom. The predicted molar refractivity (Wildman–Crippen MR) is 75.5 cm³/mol. The van der Waals surface area contributed by atoms with Crippen LogP contribution in [-0.2, 0) is 18.4 Å². The van der Waals surface area contributed by atoms with Gasteiger partial charge >= 0.3 is 13.9 Å². The number of carbonyl (C=O) groups is 1. The molecule has 108 valence electrons. The molecule has 2 atom stereocenters. The van der Waals surface area contributed by atoms with Crippen molar-refractivity contribution >= 4 is 29.8 Å². The number of halogens is 2. The van der Waals surface area contributed by atoms with Gasteiger partial charge in [-0.25, -0.2) is 9.32 Å². The molecule has 4 nitrogen and oxygen atoms in total. The molecule has 0 aromatic heterocycles. The minimum absolute atomic E-state index is 0. The van der Waals surface area contributed by atoms with Crippen LogP contribution in [0.5, 0.6) is 0 Å². The highest BCUT2D eigenvalue weighted by molar-refractivity contribution is 9.11. The van der Waals surface area contributed by atoms with Crippen molar-refractivity contribution in [1.29, 1.82) is 0 Å². The Hall–Kier alpha value is -0.260. The maximum atomic E-state index is 12.0. The topological polar surface area (TPSA) is 44.8 Å². The Kier molecular flexibility index (Phi) is 4.43. The molecule has 1 aromatic carbocycles. The first-order chi connectivity index (χ1) is 8.92. The maximum Gasteiger partial charge on any atom is 0.493 e. The first-order valence-electron chi connectivity index (χ1n) is 5.87. The third-order valence-corrected chi connectivity index (χ3v) is 6.75. The van der Waals surface area contributed by atoms with Crippen molar-refractivity contribution in [3.05, 3.63) is 46.2 Å². The van der Waals surface area contributed by atoms with E-state index in [1.165, 1.54) is 0 Å². The number of benzene rings is 1. The molecule has 0 amide bonds. The molecule has 3 rings (SSSR count). The van der Waals surface area contributed by atoms with E-state index >= 15 is 0 Å². The van der Waals surface area contributed by atoms with Gasteiger partial charge in [-0.2, -0.15) is 4.52 Å². The van der Waals surface area contributed by atoms with Crippen molar-refractivity contribution in [3.63, 3.8) is 0 Å². The third-order valence-electron chi connectivity index (χ3n) is 2.99. The molecule has 0 N–H and O–H groups in total. The number of hydrogen-bond donors (Lipinski definition) is 0. The Balaban J connectivity index is 0.00000147. The second kappa shape index (κ2) is 5.50. The van der Waals surface area contributed by atoms with Gasteiger partial charge in [-0.3, -0.25) is 0 Å². The molecular weight excluding hydrogens is 411 g/mol. The zero-order chi connectivity index (χ0) is 13.7. The highest BCUT2D eigenvalue weighted by atomic mass is 79.9. The normalized spacial score (nSPS) is 30.9. The van der Waals surface area contributed by atoms with Gasteiger partial charge in [-0.1, -0.05) is 30.3 Å². The van der Waals surface area contributed by atoms with E-state index in [-0.39, 0.29) is 17.0 Å².